The number of nitrogens with two attached hydrogens (primary N) is 1. The van der Waals surface area contributed by atoms with Crippen molar-refractivity contribution in [3.8, 4) is 16.3 Å². The number of hydrogen-bond donors (Lipinski definition) is 1. The van der Waals surface area contributed by atoms with Crippen LogP contribution in [-0.2, 0) is 0 Å². The topological polar surface area (TPSA) is 56.7 Å². The van der Waals surface area contributed by atoms with Crippen molar-refractivity contribution in [3.63, 3.8) is 0 Å². The number of anilines is 1. The van der Waals surface area contributed by atoms with Crippen LogP contribution in [0.5, 0.6) is 0 Å². The number of hydrogen-bond acceptors (Lipinski definition) is 4. The fraction of sp³-hybridized carbons (Fsp3) is 0. The fourth-order valence-electron chi connectivity index (χ4n) is 1.68. The van der Waals surface area contributed by atoms with Gasteiger partial charge in [-0.1, -0.05) is 28.9 Å². The standard InChI is InChI=1S/C12H9ClN4S/c13-8-3-1-4-9(7-8)17-12(14)11(15-16-17)10-5-2-6-18-10/h1-7H,14H2. The van der Waals surface area contributed by atoms with E-state index in [1.165, 1.54) is 0 Å². The highest BCUT2D eigenvalue weighted by atomic mass is 35.5. The quantitative estimate of drug-likeness (QED) is 0.782. The Morgan fingerprint density at radius 2 is 2.11 bits per heavy atom. The summed E-state index contributed by atoms with van der Waals surface area (Å²) in [6.07, 6.45) is 0. The van der Waals surface area contributed by atoms with E-state index in [1.54, 1.807) is 28.2 Å². The predicted octanol–water partition coefficient (Wildman–Crippen LogP) is 3.23. The number of nitrogens with zero attached hydrogens (tertiary/aromatic N) is 3. The van der Waals surface area contributed by atoms with Crippen LogP contribution in [0.15, 0.2) is 41.8 Å². The molecule has 6 heteroatoms. The summed E-state index contributed by atoms with van der Waals surface area (Å²) in [5.41, 5.74) is 7.58. The van der Waals surface area contributed by atoms with Crippen LogP contribution in [0.25, 0.3) is 16.3 Å². The van der Waals surface area contributed by atoms with Crippen LogP contribution >= 0.6 is 22.9 Å². The molecule has 0 aliphatic heterocycles. The van der Waals surface area contributed by atoms with Crippen molar-refractivity contribution in [3.05, 3.63) is 46.8 Å². The van der Waals surface area contributed by atoms with Crippen molar-refractivity contribution < 1.29 is 0 Å². The van der Waals surface area contributed by atoms with Crippen LogP contribution in [0.3, 0.4) is 0 Å². The second kappa shape index (κ2) is 4.44. The monoisotopic (exact) mass is 276 g/mol. The summed E-state index contributed by atoms with van der Waals surface area (Å²) in [7, 11) is 0. The SMILES string of the molecule is Nc1c(-c2cccs2)nnn1-c1cccc(Cl)c1. The van der Waals surface area contributed by atoms with E-state index >= 15 is 0 Å². The summed E-state index contributed by atoms with van der Waals surface area (Å²) in [4.78, 5) is 1.00. The zero-order valence-electron chi connectivity index (χ0n) is 9.25. The first-order valence-electron chi connectivity index (χ1n) is 5.27. The molecule has 2 N–H and O–H groups in total. The molecule has 0 radical (unpaired) electrons. The summed E-state index contributed by atoms with van der Waals surface area (Å²) in [5, 5.41) is 10.8. The van der Waals surface area contributed by atoms with E-state index in [-0.39, 0.29) is 0 Å². The third-order valence-corrected chi connectivity index (χ3v) is 3.62. The maximum atomic E-state index is 6.08. The number of thiophene rings is 1. The summed E-state index contributed by atoms with van der Waals surface area (Å²) < 4.78 is 1.58. The first-order chi connectivity index (χ1) is 8.75. The largest absolute Gasteiger partial charge is 0.382 e. The van der Waals surface area contributed by atoms with Gasteiger partial charge in [-0.05, 0) is 29.6 Å². The van der Waals surface area contributed by atoms with Gasteiger partial charge in [0.2, 0.25) is 0 Å². The molecule has 0 saturated carbocycles. The average Bonchev–Trinajstić information content (AvgIpc) is 2.97. The highest BCUT2D eigenvalue weighted by molar-refractivity contribution is 7.13. The Bertz CT molecular complexity index is 675. The Labute approximate surface area is 113 Å². The molecule has 4 nitrogen and oxygen atoms in total. The third-order valence-electron chi connectivity index (χ3n) is 2.51. The molecule has 0 bridgehead atoms. The molecule has 2 heterocycles. The van der Waals surface area contributed by atoms with Crippen molar-refractivity contribution in [2.75, 3.05) is 5.73 Å². The Kier molecular flexibility index (Phi) is 2.77. The lowest BCUT2D eigenvalue weighted by molar-refractivity contribution is 0.811. The van der Waals surface area contributed by atoms with E-state index in [9.17, 15) is 0 Å². The number of halogens is 1. The van der Waals surface area contributed by atoms with Crippen LogP contribution in [0.1, 0.15) is 0 Å². The second-order valence-corrected chi connectivity index (χ2v) is 5.08. The predicted molar refractivity (Wildman–Crippen MR) is 74.1 cm³/mol. The summed E-state index contributed by atoms with van der Waals surface area (Å²) in [5.74, 6) is 0.514. The molecular weight excluding hydrogens is 268 g/mol. The lowest BCUT2D eigenvalue weighted by Gasteiger charge is -2.03. The van der Waals surface area contributed by atoms with E-state index in [0.717, 1.165) is 10.6 Å². The normalized spacial score (nSPS) is 10.7. The molecule has 18 heavy (non-hydrogen) atoms. The van der Waals surface area contributed by atoms with E-state index < -0.39 is 0 Å². The third kappa shape index (κ3) is 1.87. The molecule has 3 rings (SSSR count). The molecule has 2 aromatic heterocycles. The van der Waals surface area contributed by atoms with Gasteiger partial charge >= 0.3 is 0 Å². The van der Waals surface area contributed by atoms with Crippen LogP contribution in [0.2, 0.25) is 5.02 Å². The molecule has 0 unspecified atom stereocenters. The molecule has 90 valence electrons. The number of rotatable bonds is 2. The van der Waals surface area contributed by atoms with Gasteiger partial charge in [0.05, 0.1) is 10.6 Å². The van der Waals surface area contributed by atoms with Crippen molar-refractivity contribution in [1.82, 2.24) is 15.0 Å². The first-order valence-corrected chi connectivity index (χ1v) is 6.52. The van der Waals surface area contributed by atoms with Gasteiger partial charge in [-0.15, -0.1) is 16.4 Å². The smallest absolute Gasteiger partial charge is 0.156 e. The van der Waals surface area contributed by atoms with E-state index in [1.807, 2.05) is 29.6 Å². The maximum absolute atomic E-state index is 6.08. The Hall–Kier alpha value is -1.85. The van der Waals surface area contributed by atoms with E-state index in [4.69, 9.17) is 17.3 Å². The van der Waals surface area contributed by atoms with Gasteiger partial charge in [0.15, 0.2) is 5.82 Å². The summed E-state index contributed by atoms with van der Waals surface area (Å²) in [6.45, 7) is 0. The minimum atomic E-state index is 0.514. The van der Waals surface area contributed by atoms with Gasteiger partial charge in [-0.25, -0.2) is 0 Å². The van der Waals surface area contributed by atoms with Gasteiger partial charge in [-0.2, -0.15) is 4.68 Å². The lowest BCUT2D eigenvalue weighted by atomic mass is 10.3. The van der Waals surface area contributed by atoms with Crippen LogP contribution in [0.4, 0.5) is 5.82 Å². The average molecular weight is 277 g/mol. The highest BCUT2D eigenvalue weighted by Gasteiger charge is 2.13. The minimum Gasteiger partial charge on any atom is -0.382 e. The molecule has 0 fully saturated rings. The molecule has 0 saturated heterocycles. The highest BCUT2D eigenvalue weighted by Crippen LogP contribution is 2.29. The molecule has 0 atom stereocenters. The molecule has 1 aromatic carbocycles. The summed E-state index contributed by atoms with van der Waals surface area (Å²) in [6, 6.07) is 11.3. The zero-order chi connectivity index (χ0) is 12.5. The van der Waals surface area contributed by atoms with Crippen molar-refractivity contribution >= 4 is 28.8 Å². The Morgan fingerprint density at radius 1 is 1.22 bits per heavy atom. The number of nitrogen functional groups attached to an aromatic ring is 1. The molecule has 3 aromatic rings. The maximum Gasteiger partial charge on any atom is 0.156 e. The number of aromatic nitrogens is 3. The van der Waals surface area contributed by atoms with Crippen molar-refractivity contribution in [1.29, 1.82) is 0 Å². The van der Waals surface area contributed by atoms with Crippen LogP contribution in [-0.4, -0.2) is 15.0 Å². The zero-order valence-corrected chi connectivity index (χ0v) is 10.8. The van der Waals surface area contributed by atoms with E-state index in [2.05, 4.69) is 10.3 Å². The van der Waals surface area contributed by atoms with Gasteiger partial charge in [0.1, 0.15) is 5.69 Å². The number of benzene rings is 1. The van der Waals surface area contributed by atoms with Crippen LogP contribution in [0, 0.1) is 0 Å². The van der Waals surface area contributed by atoms with E-state index in [0.29, 0.717) is 16.5 Å². The van der Waals surface area contributed by atoms with Crippen molar-refractivity contribution in [2.45, 2.75) is 0 Å². The van der Waals surface area contributed by atoms with Gasteiger partial charge < -0.3 is 5.73 Å². The molecule has 0 aliphatic rings. The molecule has 0 aliphatic carbocycles. The second-order valence-electron chi connectivity index (χ2n) is 3.69. The van der Waals surface area contributed by atoms with Gasteiger partial charge in [0.25, 0.3) is 0 Å². The Morgan fingerprint density at radius 3 is 2.83 bits per heavy atom. The van der Waals surface area contributed by atoms with Crippen molar-refractivity contribution in [2.24, 2.45) is 0 Å². The van der Waals surface area contributed by atoms with Gasteiger partial charge in [-0.3, -0.25) is 0 Å². The fourth-order valence-corrected chi connectivity index (χ4v) is 2.58. The van der Waals surface area contributed by atoms with Gasteiger partial charge in [0, 0.05) is 5.02 Å². The minimum absolute atomic E-state index is 0.514. The Balaban J connectivity index is 2.10. The first kappa shape index (κ1) is 11.3. The van der Waals surface area contributed by atoms with Crippen LogP contribution < -0.4 is 5.73 Å². The summed E-state index contributed by atoms with van der Waals surface area (Å²) >= 11 is 7.53. The molecule has 0 amide bonds. The molecule has 0 spiro atoms. The lowest BCUT2D eigenvalue weighted by Crippen LogP contribution is -2.01. The molecular formula is C12H9ClN4S.